The number of nitrogens with zero attached hydrogens (tertiary/aromatic N) is 2. The Bertz CT molecular complexity index is 346. The number of anilines is 2. The van der Waals surface area contributed by atoms with Gasteiger partial charge in [-0.2, -0.15) is 4.98 Å². The molecule has 6 heteroatoms. The fraction of sp³-hybridized carbons (Fsp3) is 0.636. The summed E-state index contributed by atoms with van der Waals surface area (Å²) in [4.78, 5) is 8.49. The van der Waals surface area contributed by atoms with Crippen LogP contribution in [0.25, 0.3) is 0 Å². The van der Waals surface area contributed by atoms with Crippen LogP contribution in [-0.4, -0.2) is 35.8 Å². The summed E-state index contributed by atoms with van der Waals surface area (Å²) in [6.45, 7) is 8.23. The molecule has 1 aromatic rings. The molecule has 96 valence electrons. The molecular weight excluding hydrogens is 284 g/mol. The van der Waals surface area contributed by atoms with Crippen molar-refractivity contribution in [3.05, 3.63) is 10.7 Å². The average Bonchev–Trinajstić information content (AvgIpc) is 2.28. The monoisotopic (exact) mass is 302 g/mol. The first-order valence-corrected chi connectivity index (χ1v) is 6.54. The van der Waals surface area contributed by atoms with Crippen molar-refractivity contribution in [2.24, 2.45) is 0 Å². The molecule has 0 radical (unpaired) electrons. The van der Waals surface area contributed by atoms with Crippen LogP contribution in [0.15, 0.2) is 10.7 Å². The van der Waals surface area contributed by atoms with Gasteiger partial charge in [-0.1, -0.05) is 0 Å². The second-order valence-electron chi connectivity index (χ2n) is 3.77. The van der Waals surface area contributed by atoms with Gasteiger partial charge in [0.2, 0.25) is 5.95 Å². The van der Waals surface area contributed by atoms with E-state index in [1.54, 1.807) is 6.20 Å². The summed E-state index contributed by atoms with van der Waals surface area (Å²) in [7, 11) is 0. The molecule has 0 aromatic carbocycles. The number of aromatic nitrogens is 2. The van der Waals surface area contributed by atoms with Gasteiger partial charge in [0.1, 0.15) is 5.82 Å². The smallest absolute Gasteiger partial charge is 0.224 e. The van der Waals surface area contributed by atoms with Crippen LogP contribution in [-0.2, 0) is 4.74 Å². The van der Waals surface area contributed by atoms with E-state index in [1.165, 1.54) is 0 Å². The molecule has 0 aliphatic carbocycles. The van der Waals surface area contributed by atoms with E-state index in [-0.39, 0.29) is 6.10 Å². The van der Waals surface area contributed by atoms with Crippen molar-refractivity contribution >= 4 is 27.7 Å². The van der Waals surface area contributed by atoms with Gasteiger partial charge in [-0.15, -0.1) is 0 Å². The van der Waals surface area contributed by atoms with Crippen LogP contribution in [0.5, 0.6) is 0 Å². The SMILES string of the molecule is CCNc1ncc(Br)c(NCCOC(C)C)n1. The zero-order chi connectivity index (χ0) is 12.7. The van der Waals surface area contributed by atoms with Gasteiger partial charge in [0, 0.05) is 19.3 Å². The maximum atomic E-state index is 5.44. The van der Waals surface area contributed by atoms with E-state index in [4.69, 9.17) is 4.74 Å². The van der Waals surface area contributed by atoms with Crippen molar-refractivity contribution in [1.29, 1.82) is 0 Å². The summed E-state index contributed by atoms with van der Waals surface area (Å²) < 4.78 is 6.29. The Kier molecular flexibility index (Phi) is 6.21. The Hall–Kier alpha value is -0.880. The Morgan fingerprint density at radius 3 is 2.82 bits per heavy atom. The lowest BCUT2D eigenvalue weighted by Gasteiger charge is -2.11. The summed E-state index contributed by atoms with van der Waals surface area (Å²) in [6.07, 6.45) is 1.99. The van der Waals surface area contributed by atoms with E-state index >= 15 is 0 Å². The predicted octanol–water partition coefficient (Wildman–Crippen LogP) is 2.51. The largest absolute Gasteiger partial charge is 0.377 e. The lowest BCUT2D eigenvalue weighted by Crippen LogP contribution is -2.14. The minimum absolute atomic E-state index is 0.253. The second kappa shape index (κ2) is 7.45. The average molecular weight is 303 g/mol. The molecule has 2 N–H and O–H groups in total. The van der Waals surface area contributed by atoms with Gasteiger partial charge in [0.15, 0.2) is 0 Å². The third-order valence-electron chi connectivity index (χ3n) is 1.92. The van der Waals surface area contributed by atoms with Gasteiger partial charge in [-0.25, -0.2) is 4.98 Å². The van der Waals surface area contributed by atoms with Crippen molar-refractivity contribution < 1.29 is 4.74 Å². The van der Waals surface area contributed by atoms with Crippen LogP contribution < -0.4 is 10.6 Å². The highest BCUT2D eigenvalue weighted by Gasteiger charge is 2.03. The molecule has 0 aliphatic rings. The summed E-state index contributed by atoms with van der Waals surface area (Å²) in [5.74, 6) is 1.41. The lowest BCUT2D eigenvalue weighted by molar-refractivity contribution is 0.0870. The van der Waals surface area contributed by atoms with Gasteiger partial charge in [-0.3, -0.25) is 0 Å². The Labute approximate surface area is 111 Å². The first-order chi connectivity index (χ1) is 8.13. The highest BCUT2D eigenvalue weighted by molar-refractivity contribution is 9.10. The number of rotatable bonds is 7. The van der Waals surface area contributed by atoms with Crippen LogP contribution >= 0.6 is 15.9 Å². The quantitative estimate of drug-likeness (QED) is 0.758. The molecule has 17 heavy (non-hydrogen) atoms. The van der Waals surface area contributed by atoms with E-state index in [1.807, 2.05) is 20.8 Å². The molecule has 0 atom stereocenters. The third-order valence-corrected chi connectivity index (χ3v) is 2.51. The topological polar surface area (TPSA) is 59.1 Å². The van der Waals surface area contributed by atoms with Crippen LogP contribution in [0, 0.1) is 0 Å². The van der Waals surface area contributed by atoms with Crippen molar-refractivity contribution in [3.63, 3.8) is 0 Å². The zero-order valence-electron chi connectivity index (χ0n) is 10.5. The van der Waals surface area contributed by atoms with Crippen LogP contribution in [0.2, 0.25) is 0 Å². The molecule has 1 heterocycles. The van der Waals surface area contributed by atoms with E-state index in [0.717, 1.165) is 23.4 Å². The Morgan fingerprint density at radius 2 is 2.18 bits per heavy atom. The molecule has 0 fully saturated rings. The van der Waals surface area contributed by atoms with E-state index in [9.17, 15) is 0 Å². The van der Waals surface area contributed by atoms with Crippen LogP contribution in [0.4, 0.5) is 11.8 Å². The summed E-state index contributed by atoms with van der Waals surface area (Å²) in [5, 5.41) is 6.27. The summed E-state index contributed by atoms with van der Waals surface area (Å²) in [5.41, 5.74) is 0. The zero-order valence-corrected chi connectivity index (χ0v) is 12.0. The minimum atomic E-state index is 0.253. The Morgan fingerprint density at radius 1 is 1.41 bits per heavy atom. The van der Waals surface area contributed by atoms with Crippen molar-refractivity contribution in [2.45, 2.75) is 26.9 Å². The van der Waals surface area contributed by atoms with Gasteiger partial charge in [0.25, 0.3) is 0 Å². The fourth-order valence-electron chi connectivity index (χ4n) is 1.20. The maximum absolute atomic E-state index is 5.44. The molecule has 0 saturated carbocycles. The summed E-state index contributed by atoms with van der Waals surface area (Å²) >= 11 is 3.41. The predicted molar refractivity (Wildman–Crippen MR) is 73.5 cm³/mol. The van der Waals surface area contributed by atoms with Crippen LogP contribution in [0.1, 0.15) is 20.8 Å². The summed E-state index contributed by atoms with van der Waals surface area (Å²) in [6, 6.07) is 0. The number of hydrogen-bond donors (Lipinski definition) is 2. The number of hydrogen-bond acceptors (Lipinski definition) is 5. The highest BCUT2D eigenvalue weighted by atomic mass is 79.9. The third kappa shape index (κ3) is 5.32. The molecule has 1 aromatic heterocycles. The highest BCUT2D eigenvalue weighted by Crippen LogP contribution is 2.19. The fourth-order valence-corrected chi connectivity index (χ4v) is 1.53. The number of ether oxygens (including phenoxy) is 1. The Balaban J connectivity index is 2.48. The first kappa shape index (κ1) is 14.2. The van der Waals surface area contributed by atoms with Gasteiger partial charge in [-0.05, 0) is 36.7 Å². The second-order valence-corrected chi connectivity index (χ2v) is 4.62. The van der Waals surface area contributed by atoms with Crippen molar-refractivity contribution in [1.82, 2.24) is 9.97 Å². The van der Waals surface area contributed by atoms with Gasteiger partial charge in [0.05, 0.1) is 17.2 Å². The van der Waals surface area contributed by atoms with E-state index in [0.29, 0.717) is 12.6 Å². The number of nitrogens with one attached hydrogen (secondary N) is 2. The normalized spacial score (nSPS) is 10.6. The van der Waals surface area contributed by atoms with Gasteiger partial charge >= 0.3 is 0 Å². The first-order valence-electron chi connectivity index (χ1n) is 5.75. The number of halogens is 1. The maximum Gasteiger partial charge on any atom is 0.224 e. The van der Waals surface area contributed by atoms with E-state index < -0.39 is 0 Å². The van der Waals surface area contributed by atoms with E-state index in [2.05, 4.69) is 36.5 Å². The standard InChI is InChI=1S/C11H19BrN4O/c1-4-13-11-15-7-9(12)10(16-11)14-5-6-17-8(2)3/h7-8H,4-6H2,1-3H3,(H2,13,14,15,16). The van der Waals surface area contributed by atoms with Gasteiger partial charge < -0.3 is 15.4 Å². The molecule has 0 unspecified atom stereocenters. The lowest BCUT2D eigenvalue weighted by atomic mass is 10.5. The molecular formula is C11H19BrN4O. The molecule has 5 nitrogen and oxygen atoms in total. The molecule has 0 saturated heterocycles. The van der Waals surface area contributed by atoms with Crippen molar-refractivity contribution in [3.8, 4) is 0 Å². The minimum Gasteiger partial charge on any atom is -0.377 e. The molecule has 1 rings (SSSR count). The molecule has 0 aliphatic heterocycles. The molecule has 0 spiro atoms. The van der Waals surface area contributed by atoms with Crippen LogP contribution in [0.3, 0.4) is 0 Å². The van der Waals surface area contributed by atoms with Crippen molar-refractivity contribution in [2.75, 3.05) is 30.3 Å². The molecule has 0 bridgehead atoms. The molecule has 0 amide bonds.